The van der Waals surface area contributed by atoms with E-state index in [4.69, 9.17) is 9.40 Å². The van der Waals surface area contributed by atoms with Crippen molar-refractivity contribution in [1.29, 1.82) is 0 Å². The molecule has 0 bridgehead atoms. The third-order valence-electron chi connectivity index (χ3n) is 7.75. The average Bonchev–Trinajstić information content (AvgIpc) is 3.24. The number of fused-ring (bicyclic) bond motifs is 1. The Hall–Kier alpha value is -3.22. The van der Waals surface area contributed by atoms with Crippen LogP contribution in [-0.2, 0) is 4.79 Å². The number of furan rings is 1. The Bertz CT molecular complexity index is 1340. The lowest BCUT2D eigenvalue weighted by Crippen LogP contribution is -2.62. The molecule has 1 aliphatic carbocycles. The van der Waals surface area contributed by atoms with E-state index in [0.29, 0.717) is 36.4 Å². The van der Waals surface area contributed by atoms with Crippen LogP contribution in [0.4, 0.5) is 4.39 Å². The van der Waals surface area contributed by atoms with E-state index in [1.54, 1.807) is 18.2 Å². The Balaban J connectivity index is 1.43. The number of carbonyl (C=O) groups is 2. The van der Waals surface area contributed by atoms with E-state index in [-0.39, 0.29) is 40.6 Å². The van der Waals surface area contributed by atoms with Crippen molar-refractivity contribution >= 4 is 22.9 Å². The Labute approximate surface area is 211 Å². The molecule has 0 radical (unpaired) electrons. The second kappa shape index (κ2) is 8.43. The molecule has 1 atom stereocenters. The van der Waals surface area contributed by atoms with Crippen LogP contribution in [0, 0.1) is 17.2 Å². The molecule has 1 aromatic carbocycles. The van der Waals surface area contributed by atoms with Crippen molar-refractivity contribution in [1.82, 2.24) is 14.8 Å². The normalized spacial score (nSPS) is 20.7. The van der Waals surface area contributed by atoms with E-state index in [0.717, 1.165) is 17.5 Å². The maximum Gasteiger partial charge on any atom is 0.290 e. The number of piperazine rings is 1. The zero-order valence-electron chi connectivity index (χ0n) is 21.9. The minimum atomic E-state index is -0.531. The highest BCUT2D eigenvalue weighted by atomic mass is 19.1. The second-order valence-corrected chi connectivity index (χ2v) is 11.9. The van der Waals surface area contributed by atoms with Gasteiger partial charge in [0.15, 0.2) is 11.3 Å². The number of pyridine rings is 1. The van der Waals surface area contributed by atoms with Crippen molar-refractivity contribution in [2.45, 2.75) is 59.4 Å². The Morgan fingerprint density at radius 3 is 2.33 bits per heavy atom. The van der Waals surface area contributed by atoms with E-state index in [1.165, 1.54) is 12.1 Å². The number of hydrogen-bond acceptors (Lipinski definition) is 4. The number of nitrogens with zero attached hydrogens (tertiary/aromatic N) is 3. The maximum absolute atomic E-state index is 13.6. The third-order valence-corrected chi connectivity index (χ3v) is 7.75. The first-order valence-electron chi connectivity index (χ1n) is 12.7. The van der Waals surface area contributed by atoms with Gasteiger partial charge in [0.1, 0.15) is 11.3 Å². The van der Waals surface area contributed by atoms with Crippen molar-refractivity contribution in [3.63, 3.8) is 0 Å². The summed E-state index contributed by atoms with van der Waals surface area (Å²) in [5, 5.41) is 0. The van der Waals surface area contributed by atoms with Crippen molar-refractivity contribution in [2.24, 2.45) is 11.3 Å². The molecular formula is C29H34FN3O3. The Morgan fingerprint density at radius 1 is 1.08 bits per heavy atom. The molecule has 1 saturated heterocycles. The molecule has 0 N–H and O–H groups in total. The quantitative estimate of drug-likeness (QED) is 0.458. The molecule has 2 aliphatic rings. The van der Waals surface area contributed by atoms with Gasteiger partial charge < -0.3 is 14.2 Å². The van der Waals surface area contributed by atoms with E-state index in [9.17, 15) is 14.0 Å². The lowest BCUT2D eigenvalue weighted by atomic mass is 9.97. The summed E-state index contributed by atoms with van der Waals surface area (Å²) >= 11 is 0. The lowest BCUT2D eigenvalue weighted by molar-refractivity contribution is -0.137. The molecule has 190 valence electrons. The first-order valence-corrected chi connectivity index (χ1v) is 12.7. The number of aromatic nitrogens is 1. The molecule has 7 heteroatoms. The minimum absolute atomic E-state index is 0.0797. The van der Waals surface area contributed by atoms with Gasteiger partial charge >= 0.3 is 0 Å². The van der Waals surface area contributed by atoms with E-state index >= 15 is 0 Å². The van der Waals surface area contributed by atoms with Gasteiger partial charge in [-0.1, -0.05) is 27.7 Å². The van der Waals surface area contributed by atoms with Crippen LogP contribution in [0.2, 0.25) is 0 Å². The van der Waals surface area contributed by atoms with Crippen LogP contribution in [0.3, 0.4) is 0 Å². The maximum atomic E-state index is 13.6. The summed E-state index contributed by atoms with van der Waals surface area (Å²) in [6.45, 7) is 13.8. The van der Waals surface area contributed by atoms with Crippen molar-refractivity contribution < 1.29 is 18.4 Å². The lowest BCUT2D eigenvalue weighted by Gasteiger charge is -2.47. The summed E-state index contributed by atoms with van der Waals surface area (Å²) in [7, 11) is 0. The van der Waals surface area contributed by atoms with Crippen molar-refractivity contribution in [3.05, 3.63) is 53.5 Å². The number of benzene rings is 1. The molecular weight excluding hydrogens is 457 g/mol. The van der Waals surface area contributed by atoms with E-state index in [1.807, 2.05) is 29.7 Å². The van der Waals surface area contributed by atoms with Crippen LogP contribution in [-0.4, -0.2) is 51.8 Å². The van der Waals surface area contributed by atoms with Gasteiger partial charge in [-0.3, -0.25) is 9.59 Å². The van der Waals surface area contributed by atoms with Gasteiger partial charge in [-0.25, -0.2) is 9.37 Å². The first-order chi connectivity index (χ1) is 16.9. The van der Waals surface area contributed by atoms with Crippen LogP contribution in [0.5, 0.6) is 0 Å². The summed E-state index contributed by atoms with van der Waals surface area (Å²) in [5.74, 6) is 0.165. The summed E-state index contributed by atoms with van der Waals surface area (Å²) in [4.78, 5) is 35.1. The fraction of sp³-hybridized carbons (Fsp3) is 0.483. The largest absolute Gasteiger partial charge is 0.449 e. The Kier molecular flexibility index (Phi) is 5.73. The van der Waals surface area contributed by atoms with Crippen LogP contribution < -0.4 is 0 Å². The second-order valence-electron chi connectivity index (χ2n) is 11.9. The van der Waals surface area contributed by atoms with Gasteiger partial charge in [0.2, 0.25) is 5.91 Å². The highest BCUT2D eigenvalue weighted by Gasteiger charge is 2.53. The highest BCUT2D eigenvalue weighted by Crippen LogP contribution is 2.52. The van der Waals surface area contributed by atoms with Gasteiger partial charge in [-0.2, -0.15) is 0 Å². The van der Waals surface area contributed by atoms with Crippen molar-refractivity contribution in [3.8, 4) is 11.3 Å². The molecule has 1 saturated carbocycles. The van der Waals surface area contributed by atoms with Crippen molar-refractivity contribution in [2.75, 3.05) is 19.6 Å². The monoisotopic (exact) mass is 491 g/mol. The molecule has 0 spiro atoms. The number of hydrogen-bond donors (Lipinski definition) is 0. The molecule has 36 heavy (non-hydrogen) atoms. The molecule has 2 amide bonds. The molecule has 2 aromatic heterocycles. The molecule has 3 heterocycles. The standard InChI is InChI=1S/C29H34FN3O3/c1-17(2)20-13-22(18-7-9-19(30)10-8-18)31-23-14-24(36-25(20)23)27(35)33-12-11-32(16-29(33,5)6)26(34)21-15-28(21,3)4/h7-10,13-14,17,21H,11-12,15-16H2,1-6H3. The number of amides is 2. The smallest absolute Gasteiger partial charge is 0.290 e. The predicted molar refractivity (Wildman–Crippen MR) is 137 cm³/mol. The summed E-state index contributed by atoms with van der Waals surface area (Å²) in [5.41, 5.74) is 3.21. The molecule has 1 unspecified atom stereocenters. The molecule has 2 fully saturated rings. The minimum Gasteiger partial charge on any atom is -0.449 e. The van der Waals surface area contributed by atoms with E-state index in [2.05, 4.69) is 27.7 Å². The SMILES string of the molecule is CC(C)c1cc(-c2ccc(F)cc2)nc2cc(C(=O)N3CCN(C(=O)C4CC4(C)C)CC3(C)C)oc12. The van der Waals surface area contributed by atoms with Gasteiger partial charge in [-0.05, 0) is 61.9 Å². The molecule has 3 aromatic rings. The van der Waals surface area contributed by atoms with Gasteiger partial charge in [0, 0.05) is 42.7 Å². The van der Waals surface area contributed by atoms with Crippen LogP contribution in [0.15, 0.2) is 40.8 Å². The zero-order valence-corrected chi connectivity index (χ0v) is 21.9. The number of halogens is 1. The van der Waals surface area contributed by atoms with Crippen LogP contribution >= 0.6 is 0 Å². The number of carbonyl (C=O) groups excluding carboxylic acids is 2. The fourth-order valence-electron chi connectivity index (χ4n) is 5.31. The predicted octanol–water partition coefficient (Wildman–Crippen LogP) is 5.87. The zero-order chi connectivity index (χ0) is 26.0. The molecule has 6 nitrogen and oxygen atoms in total. The summed E-state index contributed by atoms with van der Waals surface area (Å²) in [6.07, 6.45) is 0.926. The number of rotatable bonds is 4. The molecule has 1 aliphatic heterocycles. The topological polar surface area (TPSA) is 66.7 Å². The first kappa shape index (κ1) is 24.5. The average molecular weight is 492 g/mol. The third kappa shape index (κ3) is 4.29. The molecule has 5 rings (SSSR count). The van der Waals surface area contributed by atoms with Gasteiger partial charge in [-0.15, -0.1) is 0 Å². The van der Waals surface area contributed by atoms with Crippen LogP contribution in [0.1, 0.15) is 70.0 Å². The summed E-state index contributed by atoms with van der Waals surface area (Å²) < 4.78 is 19.6. The van der Waals surface area contributed by atoms with Gasteiger partial charge in [0.05, 0.1) is 11.2 Å². The fourth-order valence-corrected chi connectivity index (χ4v) is 5.31. The van der Waals surface area contributed by atoms with Crippen LogP contribution in [0.25, 0.3) is 22.4 Å². The van der Waals surface area contributed by atoms with Gasteiger partial charge in [0.25, 0.3) is 5.91 Å². The Morgan fingerprint density at radius 2 is 1.75 bits per heavy atom. The summed E-state index contributed by atoms with van der Waals surface area (Å²) in [6, 6.07) is 9.88. The highest BCUT2D eigenvalue weighted by molar-refractivity contribution is 5.97. The van der Waals surface area contributed by atoms with E-state index < -0.39 is 5.54 Å².